The highest BCUT2D eigenvalue weighted by Crippen LogP contribution is 2.30. The van der Waals surface area contributed by atoms with Gasteiger partial charge in [-0.2, -0.15) is 0 Å². The number of rotatable bonds is 8. The SMILES string of the molecule is COc1ccccc1Nc1ccc(-c2cc3c(=O)[nH]c(-c4ccc(Nc5ccccc5OC)cc4)cc3c(=O)[nH]2)cc1. The number of methoxy groups -OCH3 is 2. The van der Waals surface area contributed by atoms with Gasteiger partial charge in [0.2, 0.25) is 0 Å². The van der Waals surface area contributed by atoms with Gasteiger partial charge < -0.3 is 30.1 Å². The van der Waals surface area contributed by atoms with Crippen LogP contribution in [0.4, 0.5) is 22.7 Å². The lowest BCUT2D eigenvalue weighted by molar-refractivity contribution is 0.416. The summed E-state index contributed by atoms with van der Waals surface area (Å²) in [6.07, 6.45) is 0. The van der Waals surface area contributed by atoms with Gasteiger partial charge >= 0.3 is 0 Å². The first kappa shape index (κ1) is 26.5. The molecule has 6 aromatic rings. The summed E-state index contributed by atoms with van der Waals surface area (Å²) in [5.74, 6) is 1.47. The van der Waals surface area contributed by atoms with Gasteiger partial charge in [-0.25, -0.2) is 0 Å². The molecular weight excluding hydrogens is 528 g/mol. The fourth-order valence-corrected chi connectivity index (χ4v) is 4.86. The van der Waals surface area contributed by atoms with E-state index in [1.807, 2.05) is 97.1 Å². The molecule has 0 unspecified atom stereocenters. The molecule has 8 nitrogen and oxygen atoms in total. The predicted molar refractivity (Wildman–Crippen MR) is 169 cm³/mol. The fourth-order valence-electron chi connectivity index (χ4n) is 4.86. The average molecular weight is 557 g/mol. The largest absolute Gasteiger partial charge is 0.495 e. The first-order valence-corrected chi connectivity index (χ1v) is 13.3. The van der Waals surface area contributed by atoms with E-state index in [-0.39, 0.29) is 11.1 Å². The molecule has 0 aliphatic heterocycles. The first-order valence-electron chi connectivity index (χ1n) is 13.3. The number of nitrogens with one attached hydrogen (secondary N) is 4. The van der Waals surface area contributed by atoms with E-state index in [2.05, 4.69) is 20.6 Å². The lowest BCUT2D eigenvalue weighted by Gasteiger charge is -2.12. The molecule has 0 aliphatic carbocycles. The Morgan fingerprint density at radius 1 is 0.524 bits per heavy atom. The number of pyridine rings is 2. The summed E-state index contributed by atoms with van der Waals surface area (Å²) in [6.45, 7) is 0. The molecule has 4 aromatic carbocycles. The number of hydrogen-bond donors (Lipinski definition) is 4. The zero-order valence-corrected chi connectivity index (χ0v) is 23.0. The molecule has 0 radical (unpaired) electrons. The Bertz CT molecular complexity index is 1850. The molecule has 0 saturated heterocycles. The van der Waals surface area contributed by atoms with Crippen molar-refractivity contribution in [3.8, 4) is 34.0 Å². The van der Waals surface area contributed by atoms with Crippen LogP contribution in [0.3, 0.4) is 0 Å². The van der Waals surface area contributed by atoms with Crippen LogP contribution in [0.15, 0.2) is 119 Å². The maximum Gasteiger partial charge on any atom is 0.256 e. The quantitative estimate of drug-likeness (QED) is 0.160. The summed E-state index contributed by atoms with van der Waals surface area (Å²) in [6, 6.07) is 33.9. The van der Waals surface area contributed by atoms with E-state index in [0.29, 0.717) is 22.2 Å². The highest BCUT2D eigenvalue weighted by atomic mass is 16.5. The van der Waals surface area contributed by atoms with Gasteiger partial charge in [0.1, 0.15) is 11.5 Å². The molecule has 0 saturated carbocycles. The number of aromatic nitrogens is 2. The zero-order chi connectivity index (χ0) is 29.1. The van der Waals surface area contributed by atoms with Gasteiger partial charge in [-0.05, 0) is 71.8 Å². The van der Waals surface area contributed by atoms with Crippen LogP contribution in [0.25, 0.3) is 33.3 Å². The van der Waals surface area contributed by atoms with Gasteiger partial charge in [-0.15, -0.1) is 0 Å². The second-order valence-electron chi connectivity index (χ2n) is 9.66. The molecule has 0 atom stereocenters. The Hall–Kier alpha value is -5.76. The highest BCUT2D eigenvalue weighted by Gasteiger charge is 2.11. The second-order valence-corrected chi connectivity index (χ2v) is 9.66. The van der Waals surface area contributed by atoms with E-state index >= 15 is 0 Å². The second kappa shape index (κ2) is 11.4. The standard InChI is InChI=1S/C34H28N4O4/c1-41-31-9-5-3-7-27(31)35-23-15-11-21(12-16-23)29-19-25-26(33(39)37-29)20-30(38-34(25)40)22-13-17-24(18-14-22)36-28-8-4-6-10-32(28)42-2/h3-20,35-36H,1-2H3,(H,37,39)(H,38,40). The summed E-state index contributed by atoms with van der Waals surface area (Å²) < 4.78 is 10.8. The van der Waals surface area contributed by atoms with Crippen molar-refractivity contribution in [2.45, 2.75) is 0 Å². The van der Waals surface area contributed by atoms with Crippen molar-refractivity contribution in [3.05, 3.63) is 130 Å². The molecular formula is C34H28N4O4. The maximum atomic E-state index is 13.1. The molecule has 8 heteroatoms. The number of aromatic amines is 2. The van der Waals surface area contributed by atoms with Crippen molar-refractivity contribution in [1.29, 1.82) is 0 Å². The monoisotopic (exact) mass is 556 g/mol. The predicted octanol–water partition coefficient (Wildman–Crippen LogP) is 7.05. The highest BCUT2D eigenvalue weighted by molar-refractivity contribution is 5.87. The maximum absolute atomic E-state index is 13.1. The van der Waals surface area contributed by atoms with Crippen LogP contribution < -0.4 is 31.2 Å². The van der Waals surface area contributed by atoms with Crippen LogP contribution in [0.5, 0.6) is 11.5 Å². The van der Waals surface area contributed by atoms with E-state index in [4.69, 9.17) is 9.47 Å². The molecule has 6 rings (SSSR count). The number of H-pyrrole nitrogens is 2. The fraction of sp³-hybridized carbons (Fsp3) is 0.0588. The van der Waals surface area contributed by atoms with E-state index in [1.165, 1.54) is 0 Å². The van der Waals surface area contributed by atoms with Gasteiger partial charge in [0, 0.05) is 22.8 Å². The van der Waals surface area contributed by atoms with Crippen LogP contribution in [-0.2, 0) is 0 Å². The lowest BCUT2D eigenvalue weighted by Crippen LogP contribution is -2.15. The number of benzene rings is 4. The van der Waals surface area contributed by atoms with Gasteiger partial charge in [0.05, 0.1) is 36.4 Å². The number of hydrogen-bond acceptors (Lipinski definition) is 6. The summed E-state index contributed by atoms with van der Waals surface area (Å²) >= 11 is 0. The topological polar surface area (TPSA) is 108 Å². The first-order chi connectivity index (χ1) is 20.5. The molecule has 0 spiro atoms. The van der Waals surface area contributed by atoms with Crippen molar-refractivity contribution >= 4 is 33.5 Å². The zero-order valence-electron chi connectivity index (χ0n) is 23.0. The van der Waals surface area contributed by atoms with E-state index in [9.17, 15) is 9.59 Å². The average Bonchev–Trinajstić information content (AvgIpc) is 3.02. The van der Waals surface area contributed by atoms with E-state index in [0.717, 1.165) is 45.4 Å². The van der Waals surface area contributed by atoms with Crippen molar-refractivity contribution < 1.29 is 9.47 Å². The molecule has 0 amide bonds. The number of fused-ring (bicyclic) bond motifs is 1. The van der Waals surface area contributed by atoms with Crippen LogP contribution >= 0.6 is 0 Å². The molecule has 42 heavy (non-hydrogen) atoms. The molecule has 0 aliphatic rings. The lowest BCUT2D eigenvalue weighted by atomic mass is 10.1. The van der Waals surface area contributed by atoms with Gasteiger partial charge in [-0.3, -0.25) is 9.59 Å². The number of anilines is 4. The molecule has 0 bridgehead atoms. The van der Waals surface area contributed by atoms with Crippen molar-refractivity contribution in [1.82, 2.24) is 9.97 Å². The minimum atomic E-state index is -0.333. The Morgan fingerprint density at radius 2 is 0.905 bits per heavy atom. The van der Waals surface area contributed by atoms with Crippen LogP contribution in [-0.4, -0.2) is 24.2 Å². The Balaban J connectivity index is 1.25. The van der Waals surface area contributed by atoms with Gasteiger partial charge in [-0.1, -0.05) is 48.5 Å². The third-order valence-electron chi connectivity index (χ3n) is 7.02. The Morgan fingerprint density at radius 3 is 1.29 bits per heavy atom. The molecule has 0 fully saturated rings. The minimum absolute atomic E-state index is 0.322. The Labute approximate surface area is 241 Å². The molecule has 2 heterocycles. The van der Waals surface area contributed by atoms with Crippen LogP contribution in [0.1, 0.15) is 0 Å². The molecule has 208 valence electrons. The van der Waals surface area contributed by atoms with E-state index < -0.39 is 0 Å². The minimum Gasteiger partial charge on any atom is -0.495 e. The Kier molecular flexibility index (Phi) is 7.17. The van der Waals surface area contributed by atoms with E-state index in [1.54, 1.807) is 26.4 Å². The van der Waals surface area contributed by atoms with Gasteiger partial charge in [0.25, 0.3) is 11.1 Å². The molecule has 4 N–H and O–H groups in total. The normalized spacial score (nSPS) is 10.8. The third-order valence-corrected chi connectivity index (χ3v) is 7.02. The molecule has 2 aromatic heterocycles. The van der Waals surface area contributed by atoms with Crippen LogP contribution in [0.2, 0.25) is 0 Å². The van der Waals surface area contributed by atoms with Gasteiger partial charge in [0.15, 0.2) is 0 Å². The van der Waals surface area contributed by atoms with Crippen molar-refractivity contribution in [2.75, 3.05) is 24.9 Å². The van der Waals surface area contributed by atoms with Crippen molar-refractivity contribution in [3.63, 3.8) is 0 Å². The number of para-hydroxylation sites is 4. The van der Waals surface area contributed by atoms with Crippen molar-refractivity contribution in [2.24, 2.45) is 0 Å². The summed E-state index contributed by atoms with van der Waals surface area (Å²) in [5.41, 5.74) is 5.41. The summed E-state index contributed by atoms with van der Waals surface area (Å²) in [7, 11) is 3.25. The number of ether oxygens (including phenoxy) is 2. The smallest absolute Gasteiger partial charge is 0.256 e. The third kappa shape index (κ3) is 5.33. The summed E-state index contributed by atoms with van der Waals surface area (Å²) in [4.78, 5) is 32.2. The summed E-state index contributed by atoms with van der Waals surface area (Å²) in [5, 5.41) is 7.31. The van der Waals surface area contributed by atoms with Crippen LogP contribution in [0, 0.1) is 0 Å².